The van der Waals surface area contributed by atoms with E-state index >= 15 is 0 Å². The fourth-order valence-corrected chi connectivity index (χ4v) is 2.75. The van der Waals surface area contributed by atoms with Crippen molar-refractivity contribution >= 4 is 17.5 Å². The van der Waals surface area contributed by atoms with Crippen LogP contribution in [0.1, 0.15) is 32.8 Å². The molecule has 0 saturated heterocycles. The van der Waals surface area contributed by atoms with Gasteiger partial charge in [0.05, 0.1) is 0 Å². The van der Waals surface area contributed by atoms with Gasteiger partial charge in [-0.05, 0) is 18.1 Å². The van der Waals surface area contributed by atoms with Crippen molar-refractivity contribution in [3.8, 4) is 0 Å². The minimum absolute atomic E-state index is 0.0155. The summed E-state index contributed by atoms with van der Waals surface area (Å²) in [4.78, 5) is 24.5. The molecule has 1 aliphatic heterocycles. The van der Waals surface area contributed by atoms with E-state index in [2.05, 4.69) is 18.3 Å². The number of anilines is 1. The van der Waals surface area contributed by atoms with Crippen LogP contribution in [0.5, 0.6) is 0 Å². The average molecular weight is 260 g/mol. The number of hydrogen-bond acceptors (Lipinski definition) is 2. The van der Waals surface area contributed by atoms with Crippen molar-refractivity contribution in [1.82, 2.24) is 5.32 Å². The average Bonchev–Trinajstić information content (AvgIpc) is 2.64. The molecule has 0 saturated carbocycles. The Balaban J connectivity index is 2.23. The van der Waals surface area contributed by atoms with Gasteiger partial charge in [0.15, 0.2) is 0 Å². The van der Waals surface area contributed by atoms with Gasteiger partial charge in [0, 0.05) is 38.0 Å². The van der Waals surface area contributed by atoms with Gasteiger partial charge in [-0.2, -0.15) is 0 Å². The van der Waals surface area contributed by atoms with Crippen molar-refractivity contribution in [2.24, 2.45) is 0 Å². The van der Waals surface area contributed by atoms with Crippen LogP contribution in [0, 0.1) is 0 Å². The zero-order valence-corrected chi connectivity index (χ0v) is 11.7. The van der Waals surface area contributed by atoms with Gasteiger partial charge in [0.25, 0.3) is 0 Å². The fourth-order valence-electron chi connectivity index (χ4n) is 2.75. The van der Waals surface area contributed by atoms with Crippen LogP contribution in [0.3, 0.4) is 0 Å². The standard InChI is InChI=1S/C15H20N2O2/c1-11(18)16-9-8-15(3)10-17(12(2)19)14-7-5-4-6-13(14)15/h4-7H,8-10H2,1-3H3,(H,16,18). The van der Waals surface area contributed by atoms with E-state index in [-0.39, 0.29) is 17.2 Å². The Kier molecular flexibility index (Phi) is 3.60. The number of amides is 2. The van der Waals surface area contributed by atoms with Crippen LogP contribution < -0.4 is 10.2 Å². The van der Waals surface area contributed by atoms with Crippen LogP contribution in [0.15, 0.2) is 24.3 Å². The molecule has 0 fully saturated rings. The molecule has 1 unspecified atom stereocenters. The largest absolute Gasteiger partial charge is 0.356 e. The van der Waals surface area contributed by atoms with Crippen LogP contribution >= 0.6 is 0 Å². The molecule has 0 radical (unpaired) electrons. The highest BCUT2D eigenvalue weighted by Gasteiger charge is 2.39. The Hall–Kier alpha value is -1.84. The highest BCUT2D eigenvalue weighted by molar-refractivity contribution is 5.94. The topological polar surface area (TPSA) is 49.4 Å². The molecule has 1 atom stereocenters. The van der Waals surface area contributed by atoms with E-state index in [4.69, 9.17) is 0 Å². The third kappa shape index (κ3) is 2.62. The summed E-state index contributed by atoms with van der Waals surface area (Å²) in [5.74, 6) is 0.0500. The molecule has 1 heterocycles. The Bertz CT molecular complexity index is 513. The number of benzene rings is 1. The van der Waals surface area contributed by atoms with E-state index < -0.39 is 0 Å². The zero-order valence-electron chi connectivity index (χ0n) is 11.7. The normalized spacial score (nSPS) is 21.1. The number of hydrogen-bond donors (Lipinski definition) is 1. The maximum atomic E-state index is 11.7. The molecular weight excluding hydrogens is 240 g/mol. The van der Waals surface area contributed by atoms with Crippen molar-refractivity contribution in [3.05, 3.63) is 29.8 Å². The molecule has 4 heteroatoms. The second kappa shape index (κ2) is 5.03. The molecule has 102 valence electrons. The summed E-state index contributed by atoms with van der Waals surface area (Å²) in [5, 5.41) is 2.83. The Labute approximate surface area is 113 Å². The van der Waals surface area contributed by atoms with Gasteiger partial charge in [-0.1, -0.05) is 25.1 Å². The highest BCUT2D eigenvalue weighted by Crippen LogP contribution is 2.42. The molecule has 0 spiro atoms. The van der Waals surface area contributed by atoms with E-state index in [0.717, 1.165) is 12.1 Å². The fraction of sp³-hybridized carbons (Fsp3) is 0.467. The Morgan fingerprint density at radius 1 is 1.32 bits per heavy atom. The van der Waals surface area contributed by atoms with Gasteiger partial charge < -0.3 is 10.2 Å². The highest BCUT2D eigenvalue weighted by atomic mass is 16.2. The lowest BCUT2D eigenvalue weighted by Gasteiger charge is -2.25. The molecule has 1 aromatic carbocycles. The van der Waals surface area contributed by atoms with Gasteiger partial charge in [0.1, 0.15) is 0 Å². The summed E-state index contributed by atoms with van der Waals surface area (Å²) < 4.78 is 0. The maximum Gasteiger partial charge on any atom is 0.223 e. The molecule has 0 aliphatic carbocycles. The summed E-state index contributed by atoms with van der Waals surface area (Å²) in [7, 11) is 0. The first-order valence-corrected chi connectivity index (χ1v) is 6.56. The number of nitrogens with one attached hydrogen (secondary N) is 1. The van der Waals surface area contributed by atoms with Crippen molar-refractivity contribution in [3.63, 3.8) is 0 Å². The van der Waals surface area contributed by atoms with Crippen LogP contribution in [0.2, 0.25) is 0 Å². The molecule has 1 N–H and O–H groups in total. The van der Waals surface area contributed by atoms with Crippen LogP contribution in [0.4, 0.5) is 5.69 Å². The quantitative estimate of drug-likeness (QED) is 0.901. The third-order valence-corrected chi connectivity index (χ3v) is 3.78. The first kappa shape index (κ1) is 13.6. The number of para-hydroxylation sites is 1. The number of carbonyl (C=O) groups is 2. The Morgan fingerprint density at radius 3 is 2.63 bits per heavy atom. The summed E-state index contributed by atoms with van der Waals surface area (Å²) in [5.41, 5.74) is 2.10. The molecule has 1 aliphatic rings. The molecule has 4 nitrogen and oxygen atoms in total. The van der Waals surface area contributed by atoms with E-state index in [1.807, 2.05) is 23.1 Å². The lowest BCUT2D eigenvalue weighted by molar-refractivity contribution is -0.119. The molecule has 1 aromatic rings. The minimum Gasteiger partial charge on any atom is -0.356 e. The predicted octanol–water partition coefficient (Wildman–Crippen LogP) is 1.84. The zero-order chi connectivity index (χ0) is 14.0. The van der Waals surface area contributed by atoms with Crippen molar-refractivity contribution in [1.29, 1.82) is 0 Å². The van der Waals surface area contributed by atoms with Gasteiger partial charge in [-0.15, -0.1) is 0 Å². The summed E-state index contributed by atoms with van der Waals surface area (Å²) in [6, 6.07) is 8.01. The lowest BCUT2D eigenvalue weighted by Crippen LogP contribution is -2.36. The molecule has 19 heavy (non-hydrogen) atoms. The number of carbonyl (C=O) groups excluding carboxylic acids is 2. The van der Waals surface area contributed by atoms with Crippen molar-refractivity contribution in [2.45, 2.75) is 32.6 Å². The van der Waals surface area contributed by atoms with Gasteiger partial charge in [-0.25, -0.2) is 0 Å². The first-order chi connectivity index (χ1) is 8.94. The SMILES string of the molecule is CC(=O)NCCC1(C)CN(C(C)=O)c2ccccc21. The second-order valence-corrected chi connectivity index (χ2v) is 5.42. The van der Waals surface area contributed by atoms with Crippen LogP contribution in [-0.2, 0) is 15.0 Å². The van der Waals surface area contributed by atoms with Gasteiger partial charge in [-0.3, -0.25) is 9.59 Å². The first-order valence-electron chi connectivity index (χ1n) is 6.56. The second-order valence-electron chi connectivity index (χ2n) is 5.42. The van der Waals surface area contributed by atoms with Gasteiger partial charge >= 0.3 is 0 Å². The molecule has 0 aromatic heterocycles. The van der Waals surface area contributed by atoms with Crippen molar-refractivity contribution in [2.75, 3.05) is 18.0 Å². The summed E-state index contributed by atoms with van der Waals surface area (Å²) in [6.45, 7) is 6.58. The van der Waals surface area contributed by atoms with E-state index in [9.17, 15) is 9.59 Å². The monoisotopic (exact) mass is 260 g/mol. The van der Waals surface area contributed by atoms with Crippen LogP contribution in [0.25, 0.3) is 0 Å². The summed E-state index contributed by atoms with van der Waals surface area (Å²) >= 11 is 0. The maximum absolute atomic E-state index is 11.7. The van der Waals surface area contributed by atoms with Crippen molar-refractivity contribution < 1.29 is 9.59 Å². The van der Waals surface area contributed by atoms with E-state index in [1.54, 1.807) is 6.92 Å². The van der Waals surface area contributed by atoms with E-state index in [1.165, 1.54) is 12.5 Å². The van der Waals surface area contributed by atoms with Crippen LogP contribution in [-0.4, -0.2) is 24.9 Å². The Morgan fingerprint density at radius 2 is 2.00 bits per heavy atom. The minimum atomic E-state index is -0.0925. The molecule has 2 rings (SSSR count). The summed E-state index contributed by atoms with van der Waals surface area (Å²) in [6.07, 6.45) is 0.827. The lowest BCUT2D eigenvalue weighted by atomic mass is 9.81. The predicted molar refractivity (Wildman–Crippen MR) is 75.1 cm³/mol. The van der Waals surface area contributed by atoms with Gasteiger partial charge in [0.2, 0.25) is 11.8 Å². The number of nitrogens with zero attached hydrogens (tertiary/aromatic N) is 1. The molecular formula is C15H20N2O2. The number of fused-ring (bicyclic) bond motifs is 1. The molecule has 0 bridgehead atoms. The molecule has 2 amide bonds. The third-order valence-electron chi connectivity index (χ3n) is 3.78. The van der Waals surface area contributed by atoms with E-state index in [0.29, 0.717) is 13.1 Å². The number of rotatable bonds is 3. The smallest absolute Gasteiger partial charge is 0.223 e.